The lowest BCUT2D eigenvalue weighted by molar-refractivity contribution is 0.403. The molecule has 0 fully saturated rings. The van der Waals surface area contributed by atoms with Gasteiger partial charge in [-0.1, -0.05) is 23.8 Å². The molecule has 0 saturated carbocycles. The summed E-state index contributed by atoms with van der Waals surface area (Å²) in [6.45, 7) is 2.29. The van der Waals surface area contributed by atoms with E-state index in [1.165, 1.54) is 12.1 Å². The van der Waals surface area contributed by atoms with Crippen LogP contribution in [-0.4, -0.2) is 28.8 Å². The Bertz CT molecular complexity index is 1310. The van der Waals surface area contributed by atoms with Crippen molar-refractivity contribution in [3.8, 4) is 11.5 Å². The number of rotatable bonds is 6. The average molecular weight is 424 g/mol. The molecule has 3 aromatic carbocycles. The minimum Gasteiger partial charge on any atom is -0.504 e. The van der Waals surface area contributed by atoms with Crippen LogP contribution in [0.3, 0.4) is 0 Å². The summed E-state index contributed by atoms with van der Waals surface area (Å²) in [7, 11) is -3.77. The average Bonchev–Trinajstić information content (AvgIpc) is 3.11. The van der Waals surface area contributed by atoms with Crippen molar-refractivity contribution < 1.29 is 18.6 Å². The van der Waals surface area contributed by atoms with Crippen molar-refractivity contribution in [1.82, 2.24) is 10.2 Å². The predicted octanol–water partition coefficient (Wildman–Crippen LogP) is 3.70. The van der Waals surface area contributed by atoms with E-state index in [2.05, 4.69) is 20.2 Å². The van der Waals surface area contributed by atoms with Crippen LogP contribution in [0.5, 0.6) is 11.5 Å². The van der Waals surface area contributed by atoms with Crippen molar-refractivity contribution in [1.29, 1.82) is 0 Å². The van der Waals surface area contributed by atoms with Crippen molar-refractivity contribution in [2.24, 2.45) is 0 Å². The molecule has 0 aliphatic carbocycles. The van der Waals surface area contributed by atoms with Crippen LogP contribution in [0, 0.1) is 6.92 Å². The maximum Gasteiger partial charge on any atom is 0.263 e. The van der Waals surface area contributed by atoms with E-state index in [0.717, 1.165) is 16.8 Å². The Balaban J connectivity index is 1.56. The van der Waals surface area contributed by atoms with Gasteiger partial charge in [-0.25, -0.2) is 8.42 Å². The lowest BCUT2D eigenvalue weighted by Crippen LogP contribution is -2.13. The van der Waals surface area contributed by atoms with Gasteiger partial charge in [0.15, 0.2) is 17.3 Å². The second kappa shape index (κ2) is 7.60. The molecule has 0 aliphatic rings. The Morgan fingerprint density at radius 2 is 1.73 bits per heavy atom. The third-order valence-corrected chi connectivity index (χ3v) is 6.02. The number of phenolic OH excluding ortho intramolecular Hbond substituents is 2. The van der Waals surface area contributed by atoms with Gasteiger partial charge in [-0.3, -0.25) is 9.82 Å². The Hall–Kier alpha value is -3.72. The normalized spacial score (nSPS) is 11.5. The Kier molecular flexibility index (Phi) is 4.96. The first kappa shape index (κ1) is 19.6. The number of benzene rings is 3. The van der Waals surface area contributed by atoms with Gasteiger partial charge in [0.05, 0.1) is 10.4 Å². The molecule has 9 heteroatoms. The summed E-state index contributed by atoms with van der Waals surface area (Å²) in [5.41, 5.74) is 3.17. The monoisotopic (exact) mass is 424 g/mol. The molecule has 1 heterocycles. The van der Waals surface area contributed by atoms with Crippen LogP contribution in [0.2, 0.25) is 0 Å². The molecule has 0 aliphatic heterocycles. The number of nitrogens with zero attached hydrogens (tertiary/aromatic N) is 1. The molecule has 0 amide bonds. The lowest BCUT2D eigenvalue weighted by Gasteiger charge is -2.09. The molecule has 0 saturated heterocycles. The maximum atomic E-state index is 12.7. The highest BCUT2D eigenvalue weighted by molar-refractivity contribution is 7.92. The zero-order valence-corrected chi connectivity index (χ0v) is 16.9. The van der Waals surface area contributed by atoms with Crippen LogP contribution >= 0.6 is 0 Å². The third-order valence-electron chi connectivity index (χ3n) is 4.66. The molecule has 4 aromatic rings. The van der Waals surface area contributed by atoms with Gasteiger partial charge in [-0.05, 0) is 55.0 Å². The molecule has 8 nitrogen and oxygen atoms in total. The van der Waals surface area contributed by atoms with Crippen molar-refractivity contribution >= 4 is 32.4 Å². The van der Waals surface area contributed by atoms with Gasteiger partial charge in [0.25, 0.3) is 10.0 Å². The fourth-order valence-corrected chi connectivity index (χ4v) is 4.01. The van der Waals surface area contributed by atoms with Crippen LogP contribution in [0.25, 0.3) is 10.9 Å². The second-order valence-corrected chi connectivity index (χ2v) is 8.61. The van der Waals surface area contributed by atoms with Gasteiger partial charge in [-0.15, -0.1) is 0 Å². The number of anilines is 2. The first-order chi connectivity index (χ1) is 14.3. The summed E-state index contributed by atoms with van der Waals surface area (Å²) in [5.74, 6) is -0.159. The zero-order valence-electron chi connectivity index (χ0n) is 16.0. The molecule has 154 valence electrons. The molecule has 30 heavy (non-hydrogen) atoms. The van der Waals surface area contributed by atoms with Gasteiger partial charge < -0.3 is 15.5 Å². The van der Waals surface area contributed by atoms with Gasteiger partial charge >= 0.3 is 0 Å². The number of hydrogen-bond acceptors (Lipinski definition) is 6. The first-order valence-electron chi connectivity index (χ1n) is 9.14. The van der Waals surface area contributed by atoms with E-state index in [-0.39, 0.29) is 22.2 Å². The summed E-state index contributed by atoms with van der Waals surface area (Å²) in [4.78, 5) is 0.158. The van der Waals surface area contributed by atoms with Gasteiger partial charge in [0.1, 0.15) is 0 Å². The lowest BCUT2D eigenvalue weighted by atomic mass is 10.2. The number of hydrogen-bond donors (Lipinski definition) is 5. The summed E-state index contributed by atoms with van der Waals surface area (Å²) >= 11 is 0. The molecule has 4 rings (SSSR count). The Morgan fingerprint density at radius 3 is 2.47 bits per heavy atom. The standard InChI is InChI=1S/C21H20N4O4S/c1-13-2-6-16(7-3-13)30(28,29)25-21-17-11-15(5-8-18(17)23-24-21)22-12-14-4-9-19(26)20(27)10-14/h2-11,22,26-27H,12H2,1H3,(H2,23,24,25). The molecule has 0 radical (unpaired) electrons. The van der Waals surface area contributed by atoms with Crippen LogP contribution in [0.15, 0.2) is 65.6 Å². The molecule has 1 aromatic heterocycles. The van der Waals surface area contributed by atoms with Gasteiger partial charge in [-0.2, -0.15) is 5.10 Å². The number of H-pyrrole nitrogens is 1. The summed E-state index contributed by atoms with van der Waals surface area (Å²) in [6, 6.07) is 16.6. The number of nitrogens with one attached hydrogen (secondary N) is 3. The number of aromatic hydroxyl groups is 2. The second-order valence-electron chi connectivity index (χ2n) is 6.93. The van der Waals surface area contributed by atoms with Gasteiger partial charge in [0.2, 0.25) is 0 Å². The summed E-state index contributed by atoms with van der Waals surface area (Å²) in [5, 5.41) is 29.8. The molecule has 0 bridgehead atoms. The van der Waals surface area contributed by atoms with E-state index >= 15 is 0 Å². The molecule has 0 atom stereocenters. The fraction of sp³-hybridized carbons (Fsp3) is 0.0952. The Morgan fingerprint density at radius 1 is 0.967 bits per heavy atom. The van der Waals surface area contributed by atoms with E-state index < -0.39 is 10.0 Å². The van der Waals surface area contributed by atoms with Crippen molar-refractivity contribution in [2.75, 3.05) is 10.0 Å². The number of aromatic nitrogens is 2. The van der Waals surface area contributed by atoms with E-state index in [0.29, 0.717) is 17.4 Å². The quantitative estimate of drug-likeness (QED) is 0.300. The van der Waals surface area contributed by atoms with E-state index in [4.69, 9.17) is 0 Å². The molecule has 5 N–H and O–H groups in total. The van der Waals surface area contributed by atoms with Crippen molar-refractivity contribution in [2.45, 2.75) is 18.4 Å². The fourth-order valence-electron chi connectivity index (χ4n) is 2.99. The molecular formula is C21H20N4O4S. The number of aromatic amines is 1. The molecular weight excluding hydrogens is 404 g/mol. The van der Waals surface area contributed by atoms with E-state index in [1.54, 1.807) is 42.5 Å². The number of sulfonamides is 1. The van der Waals surface area contributed by atoms with Crippen molar-refractivity contribution in [3.05, 3.63) is 71.8 Å². The number of aryl methyl sites for hydroxylation is 1. The Labute approximate surface area is 173 Å². The van der Waals surface area contributed by atoms with Crippen molar-refractivity contribution in [3.63, 3.8) is 0 Å². The maximum absolute atomic E-state index is 12.7. The first-order valence-corrected chi connectivity index (χ1v) is 10.6. The summed E-state index contributed by atoms with van der Waals surface area (Å²) < 4.78 is 27.9. The van der Waals surface area contributed by atoms with Crippen LogP contribution in [-0.2, 0) is 16.6 Å². The number of phenols is 2. The van der Waals surface area contributed by atoms with Crippen LogP contribution in [0.4, 0.5) is 11.5 Å². The van der Waals surface area contributed by atoms with Crippen LogP contribution < -0.4 is 10.0 Å². The largest absolute Gasteiger partial charge is 0.504 e. The highest BCUT2D eigenvalue weighted by Gasteiger charge is 2.17. The molecule has 0 spiro atoms. The SMILES string of the molecule is Cc1ccc(S(=O)(=O)Nc2n[nH]c3ccc(NCc4ccc(O)c(O)c4)cc23)cc1. The predicted molar refractivity (Wildman–Crippen MR) is 115 cm³/mol. The van der Waals surface area contributed by atoms with Gasteiger partial charge in [0, 0.05) is 17.6 Å². The number of fused-ring (bicyclic) bond motifs is 1. The minimum atomic E-state index is -3.77. The van der Waals surface area contributed by atoms with Crippen LogP contribution in [0.1, 0.15) is 11.1 Å². The van der Waals surface area contributed by atoms with E-state index in [1.807, 2.05) is 13.0 Å². The highest BCUT2D eigenvalue weighted by atomic mass is 32.2. The topological polar surface area (TPSA) is 127 Å². The van der Waals surface area contributed by atoms with E-state index in [9.17, 15) is 18.6 Å². The molecule has 0 unspecified atom stereocenters. The zero-order chi connectivity index (χ0) is 21.3. The minimum absolute atomic E-state index is 0.158. The smallest absolute Gasteiger partial charge is 0.263 e. The third kappa shape index (κ3) is 4.01. The summed E-state index contributed by atoms with van der Waals surface area (Å²) in [6.07, 6.45) is 0. The highest BCUT2D eigenvalue weighted by Crippen LogP contribution is 2.28.